The molecule has 3 rings (SSSR count). The minimum Gasteiger partial charge on any atom is -0.465 e. The van der Waals surface area contributed by atoms with Gasteiger partial charge in [0.1, 0.15) is 9.88 Å². The number of methoxy groups -OCH3 is 2. The second-order valence-electron chi connectivity index (χ2n) is 6.52. The number of aromatic nitrogens is 3. The van der Waals surface area contributed by atoms with Gasteiger partial charge in [-0.05, 0) is 30.4 Å². The summed E-state index contributed by atoms with van der Waals surface area (Å²) in [5, 5.41) is 14.1. The van der Waals surface area contributed by atoms with E-state index in [0.717, 1.165) is 35.0 Å². The molecule has 3 aromatic rings. The van der Waals surface area contributed by atoms with E-state index in [0.29, 0.717) is 10.7 Å². The number of amides is 1. The normalized spacial score (nSPS) is 10.8. The fourth-order valence-corrected chi connectivity index (χ4v) is 5.55. The second kappa shape index (κ2) is 10.7. The van der Waals surface area contributed by atoms with Crippen molar-refractivity contribution in [3.63, 3.8) is 0 Å². The highest BCUT2D eigenvalue weighted by atomic mass is 32.2. The Labute approximate surface area is 197 Å². The van der Waals surface area contributed by atoms with Crippen LogP contribution in [-0.2, 0) is 20.8 Å². The van der Waals surface area contributed by atoms with Crippen LogP contribution in [0.2, 0.25) is 0 Å². The fourth-order valence-electron chi connectivity index (χ4n) is 2.94. The molecule has 0 aliphatic heterocycles. The van der Waals surface area contributed by atoms with Crippen LogP contribution in [0.15, 0.2) is 22.7 Å². The number of nitrogens with zero attached hydrogens (tertiary/aromatic N) is 3. The molecule has 0 saturated carbocycles. The quantitative estimate of drug-likeness (QED) is 0.350. The summed E-state index contributed by atoms with van der Waals surface area (Å²) < 4.78 is 11.6. The van der Waals surface area contributed by atoms with Crippen LogP contribution in [-0.4, -0.2) is 52.6 Å². The van der Waals surface area contributed by atoms with Crippen LogP contribution < -0.4 is 5.32 Å². The third-order valence-electron chi connectivity index (χ3n) is 4.40. The summed E-state index contributed by atoms with van der Waals surface area (Å²) >= 11 is 3.81. The van der Waals surface area contributed by atoms with E-state index in [2.05, 4.69) is 22.4 Å². The first-order valence-corrected chi connectivity index (χ1v) is 12.3. The molecule has 0 aromatic carbocycles. The first kappa shape index (κ1) is 24.0. The largest absolute Gasteiger partial charge is 0.465 e. The fraction of sp³-hybridized carbons (Fsp3) is 0.350. The lowest BCUT2D eigenvalue weighted by atomic mass is 10.1. The Morgan fingerprint density at radius 1 is 1.19 bits per heavy atom. The summed E-state index contributed by atoms with van der Waals surface area (Å²) in [5.41, 5.74) is 0.547. The van der Waals surface area contributed by atoms with Gasteiger partial charge in [-0.1, -0.05) is 24.8 Å². The van der Waals surface area contributed by atoms with Crippen molar-refractivity contribution in [2.24, 2.45) is 0 Å². The predicted octanol–water partition coefficient (Wildman–Crippen LogP) is 4.09. The van der Waals surface area contributed by atoms with Crippen molar-refractivity contribution in [2.45, 2.75) is 32.0 Å². The number of carbonyl (C=O) groups excluding carboxylic acids is 3. The minimum atomic E-state index is -0.639. The molecular formula is C20H22N4O5S3. The number of carbonyl (C=O) groups is 3. The molecule has 0 fully saturated rings. The maximum absolute atomic E-state index is 12.7. The third-order valence-corrected chi connectivity index (χ3v) is 7.42. The highest BCUT2D eigenvalue weighted by molar-refractivity contribution is 7.99. The highest BCUT2D eigenvalue weighted by Crippen LogP contribution is 2.34. The topological polar surface area (TPSA) is 112 Å². The van der Waals surface area contributed by atoms with Crippen molar-refractivity contribution in [2.75, 3.05) is 25.3 Å². The summed E-state index contributed by atoms with van der Waals surface area (Å²) in [4.78, 5) is 38.1. The summed E-state index contributed by atoms with van der Waals surface area (Å²) in [7, 11) is 2.50. The lowest BCUT2D eigenvalue weighted by Gasteiger charge is -2.08. The van der Waals surface area contributed by atoms with E-state index in [1.54, 1.807) is 18.3 Å². The van der Waals surface area contributed by atoms with Crippen LogP contribution in [0.5, 0.6) is 0 Å². The van der Waals surface area contributed by atoms with E-state index in [1.165, 1.54) is 26.0 Å². The van der Waals surface area contributed by atoms with Gasteiger partial charge in [0.05, 0.1) is 30.4 Å². The van der Waals surface area contributed by atoms with Crippen molar-refractivity contribution >= 4 is 57.3 Å². The number of thioether (sulfide) groups is 1. The zero-order valence-corrected chi connectivity index (χ0v) is 20.4. The van der Waals surface area contributed by atoms with E-state index in [9.17, 15) is 14.4 Å². The molecule has 1 N–H and O–H groups in total. The molecule has 3 aromatic heterocycles. The average molecular weight is 495 g/mol. The number of rotatable bonds is 9. The minimum absolute atomic E-state index is 0.0530. The van der Waals surface area contributed by atoms with Gasteiger partial charge in [-0.3, -0.25) is 4.79 Å². The summed E-state index contributed by atoms with van der Waals surface area (Å²) in [6.45, 7) is 4.40. The van der Waals surface area contributed by atoms with Crippen molar-refractivity contribution in [3.05, 3.63) is 33.5 Å². The molecule has 1 amide bonds. The van der Waals surface area contributed by atoms with Crippen LogP contribution in [0.3, 0.4) is 0 Å². The van der Waals surface area contributed by atoms with E-state index < -0.39 is 11.9 Å². The lowest BCUT2D eigenvalue weighted by molar-refractivity contribution is -0.113. The van der Waals surface area contributed by atoms with Crippen molar-refractivity contribution in [3.8, 4) is 10.7 Å². The zero-order chi connectivity index (χ0) is 23.3. The monoisotopic (exact) mass is 494 g/mol. The summed E-state index contributed by atoms with van der Waals surface area (Å²) in [6, 6.07) is 3.93. The van der Waals surface area contributed by atoms with Crippen molar-refractivity contribution in [1.29, 1.82) is 0 Å². The Morgan fingerprint density at radius 2 is 1.94 bits per heavy atom. The Bertz CT molecular complexity index is 1120. The smallest absolute Gasteiger partial charge is 0.348 e. The Kier molecular flexibility index (Phi) is 8.04. The van der Waals surface area contributed by atoms with Crippen LogP contribution >= 0.6 is 34.4 Å². The number of ether oxygens (including phenoxy) is 2. The number of thiophene rings is 2. The number of nitrogens with one attached hydrogen (secondary N) is 1. The van der Waals surface area contributed by atoms with E-state index >= 15 is 0 Å². The molecule has 0 bridgehead atoms. The SMILES string of the molecule is CCCn1c(SCC(=O)Nc2sc(C(=O)OC)c(C)c2C(=O)OC)nnc1-c1cccs1. The molecule has 0 unspecified atom stereocenters. The molecule has 9 nitrogen and oxygen atoms in total. The maximum atomic E-state index is 12.7. The van der Waals surface area contributed by atoms with Crippen LogP contribution in [0.25, 0.3) is 10.7 Å². The number of hydrogen-bond acceptors (Lipinski definition) is 10. The van der Waals surface area contributed by atoms with Crippen molar-refractivity contribution in [1.82, 2.24) is 14.8 Å². The standard InChI is InChI=1S/C20H22N4O5S3/c1-5-8-24-16(12-7-6-9-30-12)22-23-20(24)31-10-13(25)21-17-14(18(26)28-3)11(2)15(32-17)19(27)29-4/h6-7,9H,5,8,10H2,1-4H3,(H,21,25). The number of esters is 2. The number of anilines is 1. The average Bonchev–Trinajstić information content (AvgIpc) is 3.51. The molecule has 0 spiro atoms. The van der Waals surface area contributed by atoms with Gasteiger partial charge in [0.25, 0.3) is 0 Å². The molecule has 0 aliphatic rings. The first-order valence-electron chi connectivity index (χ1n) is 9.60. The molecule has 32 heavy (non-hydrogen) atoms. The van der Waals surface area contributed by atoms with E-state index in [1.807, 2.05) is 22.1 Å². The number of hydrogen-bond donors (Lipinski definition) is 1. The molecule has 12 heteroatoms. The molecule has 0 saturated heterocycles. The summed E-state index contributed by atoms with van der Waals surface area (Å²) in [6.07, 6.45) is 0.892. The second-order valence-corrected chi connectivity index (χ2v) is 9.43. The van der Waals surface area contributed by atoms with Gasteiger partial charge >= 0.3 is 11.9 Å². The third kappa shape index (κ3) is 5.03. The van der Waals surface area contributed by atoms with Gasteiger partial charge in [0, 0.05) is 6.54 Å². The van der Waals surface area contributed by atoms with Crippen LogP contribution in [0, 0.1) is 6.92 Å². The molecule has 0 atom stereocenters. The van der Waals surface area contributed by atoms with Gasteiger partial charge < -0.3 is 19.4 Å². The van der Waals surface area contributed by atoms with E-state index in [4.69, 9.17) is 9.47 Å². The van der Waals surface area contributed by atoms with Gasteiger partial charge in [-0.2, -0.15) is 0 Å². The molecule has 0 radical (unpaired) electrons. The zero-order valence-electron chi connectivity index (χ0n) is 18.0. The molecule has 3 heterocycles. The highest BCUT2D eigenvalue weighted by Gasteiger charge is 2.27. The maximum Gasteiger partial charge on any atom is 0.348 e. The molecular weight excluding hydrogens is 472 g/mol. The lowest BCUT2D eigenvalue weighted by Crippen LogP contribution is -2.16. The Morgan fingerprint density at radius 3 is 2.56 bits per heavy atom. The van der Waals surface area contributed by atoms with Gasteiger partial charge in [0.2, 0.25) is 5.91 Å². The van der Waals surface area contributed by atoms with E-state index in [-0.39, 0.29) is 27.1 Å². The molecule has 170 valence electrons. The Hall–Kier alpha value is -2.70. The summed E-state index contributed by atoms with van der Waals surface area (Å²) in [5.74, 6) is -0.741. The van der Waals surface area contributed by atoms with Crippen LogP contribution in [0.1, 0.15) is 38.9 Å². The Balaban J connectivity index is 1.77. The van der Waals surface area contributed by atoms with Crippen molar-refractivity contribution < 1.29 is 23.9 Å². The van der Waals surface area contributed by atoms with Gasteiger partial charge in [0.15, 0.2) is 11.0 Å². The predicted molar refractivity (Wildman–Crippen MR) is 125 cm³/mol. The van der Waals surface area contributed by atoms with Gasteiger partial charge in [-0.25, -0.2) is 9.59 Å². The first-order chi connectivity index (χ1) is 15.4. The van der Waals surface area contributed by atoms with Crippen LogP contribution in [0.4, 0.5) is 5.00 Å². The van der Waals surface area contributed by atoms with Gasteiger partial charge in [-0.15, -0.1) is 32.9 Å². The molecule has 0 aliphatic carbocycles.